The summed E-state index contributed by atoms with van der Waals surface area (Å²) >= 11 is 5.47. The predicted octanol–water partition coefficient (Wildman–Crippen LogP) is 2.08. The summed E-state index contributed by atoms with van der Waals surface area (Å²) in [4.78, 5) is 3.92. The van der Waals surface area contributed by atoms with Gasteiger partial charge < -0.3 is 15.2 Å². The van der Waals surface area contributed by atoms with E-state index in [0.717, 1.165) is 0 Å². The fraction of sp³-hybridized carbons (Fsp3) is 0.364. The highest BCUT2D eigenvalue weighted by Crippen LogP contribution is 2.22. The van der Waals surface area contributed by atoms with Gasteiger partial charge in [-0.05, 0) is 12.1 Å². The van der Waals surface area contributed by atoms with E-state index in [1.54, 1.807) is 13.2 Å². The van der Waals surface area contributed by atoms with Crippen molar-refractivity contribution in [1.82, 2.24) is 0 Å². The first-order valence-corrected chi connectivity index (χ1v) is 5.51. The fourth-order valence-corrected chi connectivity index (χ4v) is 1.17. The largest absolute Gasteiger partial charge is 0.488 e. The number of alkyl halides is 1. The Morgan fingerprint density at radius 3 is 2.82 bits per heavy atom. The van der Waals surface area contributed by atoms with Crippen molar-refractivity contribution in [1.29, 1.82) is 0 Å². The molecule has 1 aromatic rings. The van der Waals surface area contributed by atoms with Crippen LogP contribution in [0.2, 0.25) is 0 Å². The average Bonchev–Trinajstić information content (AvgIpc) is 2.32. The second kappa shape index (κ2) is 7.09. The molecular weight excluding hydrogens is 247 g/mol. The molecule has 2 N–H and O–H groups in total. The highest BCUT2D eigenvalue weighted by atomic mass is 35.5. The van der Waals surface area contributed by atoms with Crippen LogP contribution in [0.25, 0.3) is 0 Å². The molecule has 0 heterocycles. The van der Waals surface area contributed by atoms with E-state index in [4.69, 9.17) is 26.8 Å². The van der Waals surface area contributed by atoms with Crippen LogP contribution in [0.15, 0.2) is 23.2 Å². The van der Waals surface area contributed by atoms with Crippen LogP contribution in [0.1, 0.15) is 0 Å². The van der Waals surface area contributed by atoms with Crippen molar-refractivity contribution in [3.8, 4) is 5.75 Å². The topological polar surface area (TPSA) is 56.8 Å². The summed E-state index contributed by atoms with van der Waals surface area (Å²) in [5.41, 5.74) is 5.84. The summed E-state index contributed by atoms with van der Waals surface area (Å²) < 4.78 is 23.5. The minimum Gasteiger partial charge on any atom is -0.488 e. The van der Waals surface area contributed by atoms with Crippen LogP contribution in [-0.4, -0.2) is 32.0 Å². The molecule has 0 aliphatic heterocycles. The fourth-order valence-electron chi connectivity index (χ4n) is 1.11. The van der Waals surface area contributed by atoms with Crippen molar-refractivity contribution >= 4 is 23.1 Å². The molecule has 0 aliphatic rings. The van der Waals surface area contributed by atoms with Crippen LogP contribution in [0.5, 0.6) is 5.75 Å². The Balaban J connectivity index is 2.72. The molecule has 0 saturated carbocycles. The number of nitrogens with zero attached hydrogens (tertiary/aromatic N) is 1. The van der Waals surface area contributed by atoms with E-state index in [0.29, 0.717) is 18.9 Å². The van der Waals surface area contributed by atoms with Gasteiger partial charge in [0.25, 0.3) is 0 Å². The van der Waals surface area contributed by atoms with Gasteiger partial charge in [0, 0.05) is 13.2 Å². The van der Waals surface area contributed by atoms with Crippen molar-refractivity contribution in [2.75, 3.05) is 26.2 Å². The maximum Gasteiger partial charge on any atom is 0.167 e. The van der Waals surface area contributed by atoms with Crippen LogP contribution in [0.3, 0.4) is 0 Å². The molecule has 0 unspecified atom stereocenters. The maximum absolute atomic E-state index is 13.5. The molecule has 94 valence electrons. The minimum absolute atomic E-state index is 0.105. The molecule has 0 spiro atoms. The van der Waals surface area contributed by atoms with Gasteiger partial charge >= 0.3 is 0 Å². The number of nitrogens with two attached hydrogens (primary N) is 1. The monoisotopic (exact) mass is 260 g/mol. The zero-order valence-electron chi connectivity index (χ0n) is 9.45. The van der Waals surface area contributed by atoms with Gasteiger partial charge in [0.2, 0.25) is 0 Å². The molecule has 0 saturated heterocycles. The van der Waals surface area contributed by atoms with E-state index in [1.165, 1.54) is 12.1 Å². The number of hydrogen-bond donors (Lipinski definition) is 1. The van der Waals surface area contributed by atoms with Crippen molar-refractivity contribution in [2.45, 2.75) is 0 Å². The van der Waals surface area contributed by atoms with E-state index in [9.17, 15) is 4.39 Å². The number of aliphatic imine (C=N–C) groups is 1. The summed E-state index contributed by atoms with van der Waals surface area (Å²) in [6, 6.07) is 4.33. The molecule has 4 nitrogen and oxygen atoms in total. The van der Waals surface area contributed by atoms with Gasteiger partial charge in [-0.2, -0.15) is 0 Å². The molecule has 1 aromatic carbocycles. The number of methoxy groups -OCH3 is 1. The summed E-state index contributed by atoms with van der Waals surface area (Å²) in [5.74, 6) is 0.00236. The molecule has 1 rings (SSSR count). The highest BCUT2D eigenvalue weighted by molar-refractivity contribution is 6.28. The lowest BCUT2D eigenvalue weighted by Crippen LogP contribution is -2.12. The first kappa shape index (κ1) is 13.7. The van der Waals surface area contributed by atoms with Crippen LogP contribution in [0.4, 0.5) is 10.1 Å². The van der Waals surface area contributed by atoms with E-state index < -0.39 is 5.82 Å². The molecule has 6 heteroatoms. The number of amidine groups is 1. The van der Waals surface area contributed by atoms with Gasteiger partial charge in [0.05, 0.1) is 18.2 Å². The van der Waals surface area contributed by atoms with Gasteiger partial charge in [-0.25, -0.2) is 9.38 Å². The molecule has 17 heavy (non-hydrogen) atoms. The molecular formula is C11H14ClFN2O2. The normalized spacial score (nSPS) is 11.6. The first-order chi connectivity index (χ1) is 8.17. The molecule has 0 radical (unpaired) electrons. The van der Waals surface area contributed by atoms with Crippen LogP contribution >= 0.6 is 11.6 Å². The molecule has 0 bridgehead atoms. The summed E-state index contributed by atoms with van der Waals surface area (Å²) in [7, 11) is 1.55. The van der Waals surface area contributed by atoms with Gasteiger partial charge in [-0.1, -0.05) is 0 Å². The van der Waals surface area contributed by atoms with E-state index in [-0.39, 0.29) is 17.5 Å². The van der Waals surface area contributed by atoms with E-state index in [1.807, 2.05) is 0 Å². The zero-order valence-corrected chi connectivity index (χ0v) is 10.2. The maximum atomic E-state index is 13.5. The second-order valence-corrected chi connectivity index (χ2v) is 3.46. The van der Waals surface area contributed by atoms with Gasteiger partial charge in [-0.15, -0.1) is 11.6 Å². The van der Waals surface area contributed by atoms with Crippen LogP contribution in [-0.2, 0) is 4.74 Å². The molecule has 0 amide bonds. The Morgan fingerprint density at radius 2 is 2.24 bits per heavy atom. The van der Waals surface area contributed by atoms with Crippen molar-refractivity contribution in [3.63, 3.8) is 0 Å². The average molecular weight is 261 g/mol. The smallest absolute Gasteiger partial charge is 0.167 e. The summed E-state index contributed by atoms with van der Waals surface area (Å²) in [5, 5.41) is 0. The number of ether oxygens (including phenoxy) is 2. The van der Waals surface area contributed by atoms with Gasteiger partial charge in [-0.3, -0.25) is 0 Å². The number of halogens is 2. The lowest BCUT2D eigenvalue weighted by atomic mass is 10.3. The lowest BCUT2D eigenvalue weighted by molar-refractivity contribution is 0.144. The van der Waals surface area contributed by atoms with E-state index >= 15 is 0 Å². The molecule has 0 fully saturated rings. The number of benzene rings is 1. The highest BCUT2D eigenvalue weighted by Gasteiger charge is 2.04. The zero-order chi connectivity index (χ0) is 12.7. The molecule has 0 aliphatic carbocycles. The SMILES string of the molecule is COCCOc1ccc(N=C(N)CCl)cc1F. The Labute approximate surface area is 104 Å². The molecule has 0 aromatic heterocycles. The Kier molecular flexibility index (Phi) is 5.72. The second-order valence-electron chi connectivity index (χ2n) is 3.19. The lowest BCUT2D eigenvalue weighted by Gasteiger charge is -2.06. The Hall–Kier alpha value is -1.33. The van der Waals surface area contributed by atoms with Crippen LogP contribution in [0, 0.1) is 5.82 Å². The van der Waals surface area contributed by atoms with Gasteiger partial charge in [0.15, 0.2) is 11.6 Å². The third-order valence-electron chi connectivity index (χ3n) is 1.87. The third-order valence-corrected chi connectivity index (χ3v) is 2.14. The standard InChI is InChI=1S/C11H14ClFN2O2/c1-16-4-5-17-10-3-2-8(6-9(10)13)15-11(14)7-12/h2-3,6H,4-5,7H2,1H3,(H2,14,15). The first-order valence-electron chi connectivity index (χ1n) is 4.97. The van der Waals surface area contributed by atoms with Crippen molar-refractivity contribution in [3.05, 3.63) is 24.0 Å². The predicted molar refractivity (Wildman–Crippen MR) is 65.8 cm³/mol. The van der Waals surface area contributed by atoms with Crippen molar-refractivity contribution in [2.24, 2.45) is 10.7 Å². The molecule has 0 atom stereocenters. The summed E-state index contributed by atoms with van der Waals surface area (Å²) in [6.45, 7) is 0.693. The Bertz CT molecular complexity index is 399. The minimum atomic E-state index is -0.496. The number of hydrogen-bond acceptors (Lipinski definition) is 3. The van der Waals surface area contributed by atoms with E-state index in [2.05, 4.69) is 4.99 Å². The van der Waals surface area contributed by atoms with Gasteiger partial charge in [0.1, 0.15) is 12.4 Å². The number of rotatable bonds is 6. The Morgan fingerprint density at radius 1 is 1.47 bits per heavy atom. The van der Waals surface area contributed by atoms with Crippen LogP contribution < -0.4 is 10.5 Å². The summed E-state index contributed by atoms with van der Waals surface area (Å²) in [6.07, 6.45) is 0. The quantitative estimate of drug-likeness (QED) is 0.369. The third kappa shape index (κ3) is 4.58. The van der Waals surface area contributed by atoms with Crippen molar-refractivity contribution < 1.29 is 13.9 Å².